The van der Waals surface area contributed by atoms with Gasteiger partial charge in [-0.15, -0.1) is 0 Å². The fraction of sp³-hybridized carbons (Fsp3) is 0.278. The van der Waals surface area contributed by atoms with Crippen LogP contribution in [0.2, 0.25) is 0 Å². The van der Waals surface area contributed by atoms with E-state index in [1.807, 2.05) is 24.4 Å². The normalized spacial score (nSPS) is 13.6. The van der Waals surface area contributed by atoms with Gasteiger partial charge in [0.15, 0.2) is 0 Å². The van der Waals surface area contributed by atoms with E-state index >= 15 is 0 Å². The highest BCUT2D eigenvalue weighted by atomic mass is 15.1. The Morgan fingerprint density at radius 1 is 1.08 bits per heavy atom. The maximum atomic E-state index is 5.77. The minimum Gasteiger partial charge on any atom is -0.368 e. The van der Waals surface area contributed by atoms with Gasteiger partial charge in [0.2, 0.25) is 11.9 Å². The molecule has 0 saturated heterocycles. The SMILES string of the molecule is Nc1ncc(-c2ccnc(NCc3cccnc3)n2)c(CC2CC2)n1. The number of pyridine rings is 1. The summed E-state index contributed by atoms with van der Waals surface area (Å²) in [5, 5.41) is 3.23. The predicted molar refractivity (Wildman–Crippen MR) is 95.5 cm³/mol. The van der Waals surface area contributed by atoms with E-state index in [-0.39, 0.29) is 0 Å². The molecule has 0 aromatic carbocycles. The van der Waals surface area contributed by atoms with Crippen molar-refractivity contribution in [2.75, 3.05) is 11.1 Å². The van der Waals surface area contributed by atoms with Gasteiger partial charge in [-0.05, 0) is 42.9 Å². The molecule has 126 valence electrons. The van der Waals surface area contributed by atoms with Crippen LogP contribution < -0.4 is 11.1 Å². The van der Waals surface area contributed by atoms with Crippen molar-refractivity contribution in [3.05, 3.63) is 54.2 Å². The van der Waals surface area contributed by atoms with Gasteiger partial charge in [0.05, 0.1) is 11.4 Å². The summed E-state index contributed by atoms with van der Waals surface area (Å²) in [5.41, 5.74) is 9.54. The second-order valence-corrected chi connectivity index (χ2v) is 6.22. The van der Waals surface area contributed by atoms with E-state index in [1.54, 1.807) is 18.6 Å². The molecule has 3 N–H and O–H groups in total. The number of nitrogen functional groups attached to an aromatic ring is 1. The number of hydrogen-bond donors (Lipinski definition) is 2. The van der Waals surface area contributed by atoms with Crippen molar-refractivity contribution < 1.29 is 0 Å². The maximum Gasteiger partial charge on any atom is 0.223 e. The van der Waals surface area contributed by atoms with E-state index in [9.17, 15) is 0 Å². The third-order valence-electron chi connectivity index (χ3n) is 4.17. The fourth-order valence-electron chi connectivity index (χ4n) is 2.68. The highest BCUT2D eigenvalue weighted by Crippen LogP contribution is 2.34. The first kappa shape index (κ1) is 15.4. The Labute approximate surface area is 145 Å². The molecule has 0 amide bonds. The molecule has 7 heteroatoms. The molecule has 1 fully saturated rings. The van der Waals surface area contributed by atoms with Crippen LogP contribution in [0.3, 0.4) is 0 Å². The molecule has 0 spiro atoms. The molecule has 0 atom stereocenters. The summed E-state index contributed by atoms with van der Waals surface area (Å²) in [7, 11) is 0. The first-order chi connectivity index (χ1) is 12.3. The van der Waals surface area contributed by atoms with Gasteiger partial charge in [-0.3, -0.25) is 4.98 Å². The van der Waals surface area contributed by atoms with Gasteiger partial charge in [-0.1, -0.05) is 6.07 Å². The Hall–Kier alpha value is -3.09. The fourth-order valence-corrected chi connectivity index (χ4v) is 2.68. The first-order valence-electron chi connectivity index (χ1n) is 8.35. The Morgan fingerprint density at radius 2 is 2.00 bits per heavy atom. The highest BCUT2D eigenvalue weighted by Gasteiger charge is 2.24. The predicted octanol–water partition coefficient (Wildman–Crippen LogP) is 2.48. The Kier molecular flexibility index (Phi) is 4.20. The number of nitrogens with one attached hydrogen (secondary N) is 1. The van der Waals surface area contributed by atoms with Gasteiger partial charge < -0.3 is 11.1 Å². The van der Waals surface area contributed by atoms with Crippen molar-refractivity contribution >= 4 is 11.9 Å². The number of anilines is 2. The molecule has 0 radical (unpaired) electrons. The van der Waals surface area contributed by atoms with E-state index in [0.717, 1.165) is 28.9 Å². The number of nitrogens with zero attached hydrogens (tertiary/aromatic N) is 5. The molecule has 0 aliphatic heterocycles. The molecule has 1 saturated carbocycles. The first-order valence-corrected chi connectivity index (χ1v) is 8.35. The average Bonchev–Trinajstić information content (AvgIpc) is 3.45. The number of rotatable bonds is 6. The van der Waals surface area contributed by atoms with Gasteiger partial charge >= 0.3 is 0 Å². The van der Waals surface area contributed by atoms with Gasteiger partial charge in [-0.2, -0.15) is 0 Å². The molecule has 3 aromatic heterocycles. The van der Waals surface area contributed by atoms with Crippen molar-refractivity contribution in [1.29, 1.82) is 0 Å². The number of aromatic nitrogens is 5. The molecule has 4 rings (SSSR count). The standard InChI is InChI=1S/C18H19N7/c19-17-22-11-14(16(24-17)8-12-3-4-12)15-5-7-21-18(25-15)23-10-13-2-1-6-20-9-13/h1-2,5-7,9,11-12H,3-4,8,10H2,(H2,19,22,24)(H,21,23,25). The maximum absolute atomic E-state index is 5.77. The van der Waals surface area contributed by atoms with E-state index in [0.29, 0.717) is 24.4 Å². The van der Waals surface area contributed by atoms with Crippen LogP contribution in [0.1, 0.15) is 24.1 Å². The van der Waals surface area contributed by atoms with E-state index < -0.39 is 0 Å². The molecular weight excluding hydrogens is 314 g/mol. The van der Waals surface area contributed by atoms with E-state index in [1.165, 1.54) is 12.8 Å². The van der Waals surface area contributed by atoms with Crippen LogP contribution in [0.15, 0.2) is 43.0 Å². The zero-order valence-electron chi connectivity index (χ0n) is 13.8. The number of nitrogens with two attached hydrogens (primary N) is 1. The summed E-state index contributed by atoms with van der Waals surface area (Å²) < 4.78 is 0. The summed E-state index contributed by atoms with van der Waals surface area (Å²) in [6, 6.07) is 5.79. The molecule has 3 heterocycles. The van der Waals surface area contributed by atoms with Crippen LogP contribution in [0.5, 0.6) is 0 Å². The quantitative estimate of drug-likeness (QED) is 0.714. The minimum atomic E-state index is 0.309. The third-order valence-corrected chi connectivity index (χ3v) is 4.17. The molecule has 1 aliphatic carbocycles. The molecule has 25 heavy (non-hydrogen) atoms. The lowest BCUT2D eigenvalue weighted by molar-refractivity contribution is 0.802. The van der Waals surface area contributed by atoms with E-state index in [4.69, 9.17) is 5.73 Å². The van der Waals surface area contributed by atoms with E-state index in [2.05, 4.69) is 30.2 Å². The van der Waals surface area contributed by atoms with Crippen molar-refractivity contribution in [3.8, 4) is 11.3 Å². The highest BCUT2D eigenvalue weighted by molar-refractivity contribution is 5.62. The Morgan fingerprint density at radius 3 is 2.80 bits per heavy atom. The lowest BCUT2D eigenvalue weighted by atomic mass is 10.1. The lowest BCUT2D eigenvalue weighted by Gasteiger charge is -2.10. The van der Waals surface area contributed by atoms with Crippen molar-refractivity contribution in [2.45, 2.75) is 25.8 Å². The molecular formula is C18H19N7. The molecule has 1 aliphatic rings. The van der Waals surface area contributed by atoms with Gasteiger partial charge in [0, 0.05) is 36.9 Å². The van der Waals surface area contributed by atoms with Crippen LogP contribution >= 0.6 is 0 Å². The molecule has 0 bridgehead atoms. The van der Waals surface area contributed by atoms with Crippen molar-refractivity contribution in [1.82, 2.24) is 24.9 Å². The van der Waals surface area contributed by atoms with Crippen molar-refractivity contribution in [2.24, 2.45) is 5.92 Å². The summed E-state index contributed by atoms with van der Waals surface area (Å²) >= 11 is 0. The monoisotopic (exact) mass is 333 g/mol. The lowest BCUT2D eigenvalue weighted by Crippen LogP contribution is -2.06. The second-order valence-electron chi connectivity index (χ2n) is 6.22. The topological polar surface area (TPSA) is 102 Å². The van der Waals surface area contributed by atoms with Crippen LogP contribution in [-0.4, -0.2) is 24.9 Å². The largest absolute Gasteiger partial charge is 0.368 e. The Bertz CT molecular complexity index is 862. The number of hydrogen-bond acceptors (Lipinski definition) is 7. The smallest absolute Gasteiger partial charge is 0.223 e. The van der Waals surface area contributed by atoms with Crippen LogP contribution in [0.4, 0.5) is 11.9 Å². The minimum absolute atomic E-state index is 0.309. The zero-order valence-corrected chi connectivity index (χ0v) is 13.8. The van der Waals surface area contributed by atoms with Crippen LogP contribution in [-0.2, 0) is 13.0 Å². The molecule has 7 nitrogen and oxygen atoms in total. The van der Waals surface area contributed by atoms with Crippen LogP contribution in [0, 0.1) is 5.92 Å². The summed E-state index contributed by atoms with van der Waals surface area (Å²) in [5.74, 6) is 1.58. The second kappa shape index (κ2) is 6.80. The third kappa shape index (κ3) is 3.88. The summed E-state index contributed by atoms with van der Waals surface area (Å²) in [4.78, 5) is 21.6. The summed E-state index contributed by atoms with van der Waals surface area (Å²) in [6.45, 7) is 0.616. The van der Waals surface area contributed by atoms with Gasteiger partial charge in [-0.25, -0.2) is 19.9 Å². The van der Waals surface area contributed by atoms with Gasteiger partial charge in [0.1, 0.15) is 0 Å². The van der Waals surface area contributed by atoms with Crippen LogP contribution in [0.25, 0.3) is 11.3 Å². The van der Waals surface area contributed by atoms with Crippen molar-refractivity contribution in [3.63, 3.8) is 0 Å². The van der Waals surface area contributed by atoms with Gasteiger partial charge in [0.25, 0.3) is 0 Å². The molecule has 3 aromatic rings. The summed E-state index contributed by atoms with van der Waals surface area (Å²) in [6.07, 6.45) is 10.5. The molecule has 0 unspecified atom stereocenters. The zero-order chi connectivity index (χ0) is 17.1. The average molecular weight is 333 g/mol. The Balaban J connectivity index is 1.56.